The molecule has 104 valence electrons. The van der Waals surface area contributed by atoms with Gasteiger partial charge in [-0.3, -0.25) is 4.79 Å². The molecule has 2 heteroatoms. The van der Waals surface area contributed by atoms with E-state index in [4.69, 9.17) is 0 Å². The van der Waals surface area contributed by atoms with Gasteiger partial charge in [0.1, 0.15) is 0 Å². The van der Waals surface area contributed by atoms with Crippen LogP contribution in [0.2, 0.25) is 0 Å². The SMILES string of the molecule is Cc1ccc(C)c(C(=O)NC2C(C)CCCC2C)c1. The molecule has 1 amide bonds. The molecule has 1 saturated carbocycles. The molecule has 1 aliphatic rings. The predicted octanol–water partition coefficient (Wildman–Crippen LogP) is 3.86. The van der Waals surface area contributed by atoms with E-state index in [1.54, 1.807) is 0 Å². The van der Waals surface area contributed by atoms with E-state index < -0.39 is 0 Å². The normalized spacial score (nSPS) is 27.1. The van der Waals surface area contributed by atoms with E-state index in [9.17, 15) is 4.79 Å². The van der Waals surface area contributed by atoms with Gasteiger partial charge in [0, 0.05) is 11.6 Å². The molecule has 2 rings (SSSR count). The Morgan fingerprint density at radius 2 is 1.79 bits per heavy atom. The summed E-state index contributed by atoms with van der Waals surface area (Å²) in [4.78, 5) is 12.5. The van der Waals surface area contributed by atoms with Gasteiger partial charge in [0.2, 0.25) is 0 Å². The van der Waals surface area contributed by atoms with E-state index in [2.05, 4.69) is 25.2 Å². The molecule has 1 aromatic rings. The summed E-state index contributed by atoms with van der Waals surface area (Å²) in [6, 6.07) is 6.39. The van der Waals surface area contributed by atoms with Crippen molar-refractivity contribution in [2.75, 3.05) is 0 Å². The van der Waals surface area contributed by atoms with Crippen molar-refractivity contribution in [1.29, 1.82) is 0 Å². The number of carbonyl (C=O) groups excluding carboxylic acids is 1. The number of hydrogen-bond donors (Lipinski definition) is 1. The van der Waals surface area contributed by atoms with Crippen LogP contribution in [0.4, 0.5) is 0 Å². The van der Waals surface area contributed by atoms with Crippen LogP contribution in [0.15, 0.2) is 18.2 Å². The first kappa shape index (κ1) is 14.1. The number of amides is 1. The summed E-state index contributed by atoms with van der Waals surface area (Å²) in [7, 11) is 0. The van der Waals surface area contributed by atoms with Crippen LogP contribution in [-0.4, -0.2) is 11.9 Å². The highest BCUT2D eigenvalue weighted by atomic mass is 16.1. The fourth-order valence-corrected chi connectivity index (χ4v) is 3.18. The number of hydrogen-bond acceptors (Lipinski definition) is 1. The van der Waals surface area contributed by atoms with Gasteiger partial charge in [0.05, 0.1) is 0 Å². The van der Waals surface area contributed by atoms with Gasteiger partial charge in [-0.2, -0.15) is 0 Å². The summed E-state index contributed by atoms with van der Waals surface area (Å²) < 4.78 is 0. The molecule has 0 bridgehead atoms. The highest BCUT2D eigenvalue weighted by molar-refractivity contribution is 5.96. The second-order valence-corrected chi connectivity index (χ2v) is 6.20. The van der Waals surface area contributed by atoms with E-state index >= 15 is 0 Å². The van der Waals surface area contributed by atoms with Gasteiger partial charge >= 0.3 is 0 Å². The maximum absolute atomic E-state index is 12.5. The van der Waals surface area contributed by atoms with Crippen molar-refractivity contribution < 1.29 is 4.79 Å². The largest absolute Gasteiger partial charge is 0.349 e. The molecule has 0 heterocycles. The fraction of sp³-hybridized carbons (Fsp3) is 0.588. The number of benzene rings is 1. The Bertz CT molecular complexity index is 456. The van der Waals surface area contributed by atoms with Gasteiger partial charge in [-0.15, -0.1) is 0 Å². The molecule has 0 radical (unpaired) electrons. The summed E-state index contributed by atoms with van der Waals surface area (Å²) in [6.45, 7) is 8.54. The van der Waals surface area contributed by atoms with Gasteiger partial charge in [-0.05, 0) is 50.2 Å². The summed E-state index contributed by atoms with van der Waals surface area (Å²) in [5.74, 6) is 1.25. The smallest absolute Gasteiger partial charge is 0.251 e. The minimum Gasteiger partial charge on any atom is -0.349 e. The highest BCUT2D eigenvalue weighted by Crippen LogP contribution is 2.29. The van der Waals surface area contributed by atoms with Gasteiger partial charge in [0.15, 0.2) is 0 Å². The van der Waals surface area contributed by atoms with Crippen molar-refractivity contribution in [3.05, 3.63) is 34.9 Å². The monoisotopic (exact) mass is 259 g/mol. The molecule has 0 spiro atoms. The fourth-order valence-electron chi connectivity index (χ4n) is 3.18. The summed E-state index contributed by atoms with van der Waals surface area (Å²) >= 11 is 0. The maximum Gasteiger partial charge on any atom is 0.251 e. The molecule has 1 N–H and O–H groups in total. The van der Waals surface area contributed by atoms with Crippen molar-refractivity contribution in [2.45, 2.75) is 53.0 Å². The van der Waals surface area contributed by atoms with Crippen LogP contribution >= 0.6 is 0 Å². The third kappa shape index (κ3) is 3.17. The van der Waals surface area contributed by atoms with E-state index in [1.165, 1.54) is 19.3 Å². The second kappa shape index (κ2) is 5.77. The van der Waals surface area contributed by atoms with E-state index in [1.807, 2.05) is 26.0 Å². The molecule has 1 fully saturated rings. The molecule has 1 aliphatic carbocycles. The molecule has 0 aliphatic heterocycles. The minimum absolute atomic E-state index is 0.0896. The Morgan fingerprint density at radius 3 is 2.42 bits per heavy atom. The van der Waals surface area contributed by atoms with Crippen molar-refractivity contribution in [3.8, 4) is 0 Å². The van der Waals surface area contributed by atoms with Crippen LogP contribution in [-0.2, 0) is 0 Å². The number of rotatable bonds is 2. The lowest BCUT2D eigenvalue weighted by molar-refractivity contribution is 0.0879. The van der Waals surface area contributed by atoms with Gasteiger partial charge in [0.25, 0.3) is 5.91 Å². The van der Waals surface area contributed by atoms with Crippen molar-refractivity contribution >= 4 is 5.91 Å². The molecule has 1 aromatic carbocycles. The predicted molar refractivity (Wildman–Crippen MR) is 79.3 cm³/mol. The van der Waals surface area contributed by atoms with Crippen LogP contribution in [0.25, 0.3) is 0 Å². The van der Waals surface area contributed by atoms with E-state index in [-0.39, 0.29) is 5.91 Å². The lowest BCUT2D eigenvalue weighted by Gasteiger charge is -2.35. The Morgan fingerprint density at radius 1 is 1.16 bits per heavy atom. The van der Waals surface area contributed by atoms with Gasteiger partial charge in [-0.25, -0.2) is 0 Å². The minimum atomic E-state index is 0.0896. The van der Waals surface area contributed by atoms with Gasteiger partial charge in [-0.1, -0.05) is 38.0 Å². The van der Waals surface area contributed by atoms with E-state index in [0.717, 1.165) is 16.7 Å². The quantitative estimate of drug-likeness (QED) is 0.858. The summed E-state index contributed by atoms with van der Waals surface area (Å²) in [6.07, 6.45) is 3.74. The van der Waals surface area contributed by atoms with Crippen LogP contribution < -0.4 is 5.32 Å². The Balaban J connectivity index is 2.14. The lowest BCUT2D eigenvalue weighted by Crippen LogP contribution is -2.45. The molecule has 0 aromatic heterocycles. The van der Waals surface area contributed by atoms with E-state index in [0.29, 0.717) is 17.9 Å². The zero-order valence-electron chi connectivity index (χ0n) is 12.5. The lowest BCUT2D eigenvalue weighted by atomic mass is 9.78. The molecule has 0 saturated heterocycles. The maximum atomic E-state index is 12.5. The molecular formula is C17H25NO. The highest BCUT2D eigenvalue weighted by Gasteiger charge is 2.29. The van der Waals surface area contributed by atoms with Crippen molar-refractivity contribution in [2.24, 2.45) is 11.8 Å². The molecule has 19 heavy (non-hydrogen) atoms. The molecule has 2 atom stereocenters. The van der Waals surface area contributed by atoms with Crippen LogP contribution in [0.3, 0.4) is 0 Å². The third-order valence-corrected chi connectivity index (χ3v) is 4.48. The molecular weight excluding hydrogens is 234 g/mol. The zero-order chi connectivity index (χ0) is 14.0. The first-order valence-corrected chi connectivity index (χ1v) is 7.37. The zero-order valence-corrected chi connectivity index (χ0v) is 12.5. The molecule has 2 nitrogen and oxygen atoms in total. The number of aryl methyl sites for hydroxylation is 2. The average Bonchev–Trinajstić information content (AvgIpc) is 2.37. The average molecular weight is 259 g/mol. The number of nitrogens with one attached hydrogen (secondary N) is 1. The van der Waals surface area contributed by atoms with Gasteiger partial charge < -0.3 is 5.32 Å². The summed E-state index contributed by atoms with van der Waals surface area (Å²) in [5, 5.41) is 3.26. The van der Waals surface area contributed by atoms with Crippen LogP contribution in [0, 0.1) is 25.7 Å². The van der Waals surface area contributed by atoms with Crippen molar-refractivity contribution in [1.82, 2.24) is 5.32 Å². The molecule has 2 unspecified atom stereocenters. The Hall–Kier alpha value is -1.31. The first-order valence-electron chi connectivity index (χ1n) is 7.37. The number of carbonyl (C=O) groups is 1. The summed E-state index contributed by atoms with van der Waals surface area (Å²) in [5.41, 5.74) is 3.02. The van der Waals surface area contributed by atoms with Crippen LogP contribution in [0.1, 0.15) is 54.6 Å². The topological polar surface area (TPSA) is 29.1 Å². The third-order valence-electron chi connectivity index (χ3n) is 4.48. The standard InChI is InChI=1S/C17H25NO/c1-11-8-9-12(2)15(10-11)17(19)18-16-13(3)6-5-7-14(16)4/h8-10,13-14,16H,5-7H2,1-4H3,(H,18,19). The Labute approximate surface area is 116 Å². The van der Waals surface area contributed by atoms with Crippen molar-refractivity contribution in [3.63, 3.8) is 0 Å². The van der Waals surface area contributed by atoms with Crippen LogP contribution in [0.5, 0.6) is 0 Å². The first-order chi connectivity index (χ1) is 8.99. The Kier molecular flexibility index (Phi) is 4.28. The second-order valence-electron chi connectivity index (χ2n) is 6.20.